The van der Waals surface area contributed by atoms with Crippen molar-refractivity contribution in [1.82, 2.24) is 15.2 Å². The summed E-state index contributed by atoms with van der Waals surface area (Å²) in [7, 11) is 1.58. The summed E-state index contributed by atoms with van der Waals surface area (Å²) in [6, 6.07) is 21.4. The van der Waals surface area contributed by atoms with Crippen molar-refractivity contribution in [2.75, 3.05) is 26.7 Å². The zero-order chi connectivity index (χ0) is 24.6. The second kappa shape index (κ2) is 11.6. The van der Waals surface area contributed by atoms with Crippen molar-refractivity contribution in [3.05, 3.63) is 94.8 Å². The highest BCUT2D eigenvalue weighted by Crippen LogP contribution is 2.31. The van der Waals surface area contributed by atoms with Crippen LogP contribution in [-0.4, -0.2) is 48.4 Å². The molecule has 2 aromatic carbocycles. The van der Waals surface area contributed by atoms with Crippen molar-refractivity contribution in [1.29, 1.82) is 0 Å². The van der Waals surface area contributed by atoms with Gasteiger partial charge in [-0.1, -0.05) is 42.5 Å². The van der Waals surface area contributed by atoms with Gasteiger partial charge in [-0.05, 0) is 62.4 Å². The number of nitrogens with zero attached hydrogens (tertiary/aromatic N) is 2. The van der Waals surface area contributed by atoms with Crippen LogP contribution in [0.25, 0.3) is 0 Å². The molecule has 0 unspecified atom stereocenters. The zero-order valence-electron chi connectivity index (χ0n) is 20.5. The Hall–Kier alpha value is -3.67. The Bertz CT molecular complexity index is 1150. The van der Waals surface area contributed by atoms with E-state index in [1.165, 1.54) is 5.56 Å². The molecule has 0 saturated carbocycles. The maximum atomic E-state index is 13.1. The number of amides is 2. The molecular weight excluding hydrogens is 438 g/mol. The van der Waals surface area contributed by atoms with E-state index >= 15 is 0 Å². The number of methoxy groups -OCH3 is 1. The van der Waals surface area contributed by atoms with Gasteiger partial charge in [0.05, 0.1) is 23.9 Å². The smallest absolute Gasteiger partial charge is 0.257 e. The van der Waals surface area contributed by atoms with Crippen molar-refractivity contribution >= 4 is 11.8 Å². The molecule has 1 saturated heterocycles. The number of rotatable bonds is 8. The number of aryl methyl sites for hydroxylation is 2. The van der Waals surface area contributed by atoms with Gasteiger partial charge in [0.2, 0.25) is 0 Å². The number of carbonyl (C=O) groups excluding carboxylic acids is 2. The van der Waals surface area contributed by atoms with Crippen LogP contribution in [0.2, 0.25) is 0 Å². The molecule has 6 heteroatoms. The molecule has 1 aliphatic rings. The average molecular weight is 472 g/mol. The van der Waals surface area contributed by atoms with Gasteiger partial charge >= 0.3 is 0 Å². The summed E-state index contributed by atoms with van der Waals surface area (Å²) >= 11 is 0. The van der Waals surface area contributed by atoms with Crippen molar-refractivity contribution in [2.45, 2.75) is 38.5 Å². The Balaban J connectivity index is 1.37. The Morgan fingerprint density at radius 1 is 0.971 bits per heavy atom. The van der Waals surface area contributed by atoms with Gasteiger partial charge in [-0.2, -0.15) is 0 Å². The van der Waals surface area contributed by atoms with E-state index < -0.39 is 0 Å². The number of pyridine rings is 1. The molecule has 35 heavy (non-hydrogen) atoms. The topological polar surface area (TPSA) is 71.5 Å². The Kier molecular flexibility index (Phi) is 8.14. The number of carbonyl (C=O) groups is 2. The number of nitrogens with one attached hydrogen (secondary N) is 1. The molecule has 3 aromatic rings. The molecule has 4 rings (SSSR count). The van der Waals surface area contributed by atoms with Gasteiger partial charge in [-0.15, -0.1) is 0 Å². The summed E-state index contributed by atoms with van der Waals surface area (Å²) in [5.74, 6) is 0.635. The van der Waals surface area contributed by atoms with Gasteiger partial charge in [0.1, 0.15) is 5.75 Å². The number of hydrogen-bond donors (Lipinski definition) is 1. The van der Waals surface area contributed by atoms with Crippen LogP contribution >= 0.6 is 0 Å². The van der Waals surface area contributed by atoms with Crippen LogP contribution in [0.1, 0.15) is 62.8 Å². The fourth-order valence-corrected chi connectivity index (χ4v) is 4.66. The highest BCUT2D eigenvalue weighted by Gasteiger charge is 2.29. The van der Waals surface area contributed by atoms with Crippen LogP contribution in [0.15, 0.2) is 66.7 Å². The quantitative estimate of drug-likeness (QED) is 0.480. The van der Waals surface area contributed by atoms with Crippen LogP contribution in [0.4, 0.5) is 0 Å². The monoisotopic (exact) mass is 471 g/mol. The molecule has 2 heterocycles. The summed E-state index contributed by atoms with van der Waals surface area (Å²) in [6.07, 6.45) is 3.35. The lowest BCUT2D eigenvalue weighted by atomic mass is 9.89. The van der Waals surface area contributed by atoms with Gasteiger partial charge in [0.25, 0.3) is 11.8 Å². The molecular formula is C29H33N3O3. The highest BCUT2D eigenvalue weighted by atomic mass is 16.5. The van der Waals surface area contributed by atoms with Gasteiger partial charge in [-0.3, -0.25) is 14.6 Å². The van der Waals surface area contributed by atoms with E-state index in [0.717, 1.165) is 37.1 Å². The zero-order valence-corrected chi connectivity index (χ0v) is 20.5. The predicted molar refractivity (Wildman–Crippen MR) is 137 cm³/mol. The molecule has 1 aliphatic heterocycles. The Morgan fingerprint density at radius 2 is 1.69 bits per heavy atom. The number of benzene rings is 2. The summed E-state index contributed by atoms with van der Waals surface area (Å²) in [4.78, 5) is 32.7. The number of hydrogen-bond acceptors (Lipinski definition) is 4. The van der Waals surface area contributed by atoms with Crippen molar-refractivity contribution in [3.63, 3.8) is 0 Å². The van der Waals surface area contributed by atoms with E-state index in [-0.39, 0.29) is 17.7 Å². The summed E-state index contributed by atoms with van der Waals surface area (Å²) < 4.78 is 5.37. The molecule has 1 N–H and O–H groups in total. The van der Waals surface area contributed by atoms with E-state index in [1.54, 1.807) is 19.2 Å². The van der Waals surface area contributed by atoms with Crippen molar-refractivity contribution < 1.29 is 14.3 Å². The minimum atomic E-state index is -0.0758. The van der Waals surface area contributed by atoms with Crippen LogP contribution in [0, 0.1) is 6.92 Å². The van der Waals surface area contributed by atoms with Gasteiger partial charge in [-0.25, -0.2) is 0 Å². The molecule has 0 spiro atoms. The summed E-state index contributed by atoms with van der Waals surface area (Å²) in [5.41, 5.74) is 4.24. The number of aromatic nitrogens is 1. The third kappa shape index (κ3) is 6.07. The third-order valence-corrected chi connectivity index (χ3v) is 6.59. The Labute approximate surface area is 207 Å². The first-order valence-electron chi connectivity index (χ1n) is 12.3. The lowest BCUT2D eigenvalue weighted by molar-refractivity contribution is 0.0707. The lowest BCUT2D eigenvalue weighted by Gasteiger charge is -2.32. The van der Waals surface area contributed by atoms with Gasteiger partial charge in [0.15, 0.2) is 0 Å². The van der Waals surface area contributed by atoms with E-state index in [1.807, 2.05) is 54.3 Å². The first-order chi connectivity index (χ1) is 17.1. The normalized spacial score (nSPS) is 13.9. The largest absolute Gasteiger partial charge is 0.496 e. The molecule has 0 bridgehead atoms. The number of ether oxygens (including phenoxy) is 1. The second-order valence-electron chi connectivity index (χ2n) is 9.00. The maximum Gasteiger partial charge on any atom is 0.257 e. The molecule has 0 radical (unpaired) electrons. The molecule has 1 aromatic heterocycles. The minimum absolute atomic E-state index is 0.0190. The molecule has 0 aliphatic carbocycles. The van der Waals surface area contributed by atoms with E-state index in [2.05, 4.69) is 17.4 Å². The van der Waals surface area contributed by atoms with Crippen LogP contribution in [0.5, 0.6) is 5.75 Å². The van der Waals surface area contributed by atoms with Crippen LogP contribution in [-0.2, 0) is 6.42 Å². The van der Waals surface area contributed by atoms with Crippen molar-refractivity contribution in [2.24, 2.45) is 0 Å². The van der Waals surface area contributed by atoms with E-state index in [4.69, 9.17) is 9.72 Å². The average Bonchev–Trinajstić information content (AvgIpc) is 2.91. The molecule has 0 atom stereocenters. The second-order valence-corrected chi connectivity index (χ2v) is 9.00. The third-order valence-electron chi connectivity index (χ3n) is 6.59. The highest BCUT2D eigenvalue weighted by molar-refractivity contribution is 5.97. The molecule has 182 valence electrons. The molecule has 2 amide bonds. The Morgan fingerprint density at radius 3 is 2.43 bits per heavy atom. The number of piperidine rings is 1. The first-order valence-corrected chi connectivity index (χ1v) is 12.3. The standard InChI is InChI=1S/C29H33N3O3/c1-21-14-15-25(28(33)30-18-8-11-22-9-4-3-5-10-22)27(31-21)23-16-19-32(20-17-23)29(34)24-12-6-7-13-26(24)35-2/h3-7,9-10,12-15,23H,8,11,16-20H2,1-2H3,(H,30,33). The van der Waals surface area contributed by atoms with Crippen molar-refractivity contribution in [3.8, 4) is 5.75 Å². The lowest BCUT2D eigenvalue weighted by Crippen LogP contribution is -2.38. The van der Waals surface area contributed by atoms with Crippen LogP contribution < -0.4 is 10.1 Å². The fourth-order valence-electron chi connectivity index (χ4n) is 4.66. The van der Waals surface area contributed by atoms with Gasteiger partial charge in [0, 0.05) is 31.2 Å². The van der Waals surface area contributed by atoms with E-state index in [0.29, 0.717) is 36.5 Å². The fraction of sp³-hybridized carbons (Fsp3) is 0.345. The van der Waals surface area contributed by atoms with Crippen LogP contribution in [0.3, 0.4) is 0 Å². The number of likely N-dealkylation sites (tertiary alicyclic amines) is 1. The predicted octanol–water partition coefficient (Wildman–Crippen LogP) is 4.78. The summed E-state index contributed by atoms with van der Waals surface area (Å²) in [5, 5.41) is 3.07. The summed E-state index contributed by atoms with van der Waals surface area (Å²) in [6.45, 7) is 3.81. The maximum absolute atomic E-state index is 13.1. The number of para-hydroxylation sites is 1. The molecule has 1 fully saturated rings. The SMILES string of the molecule is COc1ccccc1C(=O)N1CCC(c2nc(C)ccc2C(=O)NCCCc2ccccc2)CC1. The van der Waals surface area contributed by atoms with E-state index in [9.17, 15) is 9.59 Å². The van der Waals surface area contributed by atoms with Gasteiger partial charge < -0.3 is 15.0 Å². The minimum Gasteiger partial charge on any atom is -0.496 e. The molecule has 6 nitrogen and oxygen atoms in total. The first kappa shape index (κ1) is 24.5.